The Labute approximate surface area is 101 Å². The molecule has 1 heterocycles. The van der Waals surface area contributed by atoms with Crippen LogP contribution < -0.4 is 0 Å². The highest BCUT2D eigenvalue weighted by Crippen LogP contribution is 2.39. The van der Waals surface area contributed by atoms with Crippen LogP contribution in [0.4, 0.5) is 0 Å². The molecule has 3 atom stereocenters. The molecular formula is C14H16O3. The fourth-order valence-corrected chi connectivity index (χ4v) is 2.49. The van der Waals surface area contributed by atoms with Gasteiger partial charge in [-0.05, 0) is 37.3 Å². The van der Waals surface area contributed by atoms with Crippen molar-refractivity contribution in [3.63, 3.8) is 0 Å². The zero-order chi connectivity index (χ0) is 11.7. The van der Waals surface area contributed by atoms with E-state index in [0.717, 1.165) is 19.3 Å². The van der Waals surface area contributed by atoms with E-state index in [2.05, 4.69) is 0 Å². The molecule has 90 valence electrons. The molecule has 1 saturated heterocycles. The average molecular weight is 232 g/mol. The normalized spacial score (nSPS) is 30.5. The van der Waals surface area contributed by atoms with Gasteiger partial charge in [-0.15, -0.1) is 0 Å². The van der Waals surface area contributed by atoms with Crippen LogP contribution in [0.5, 0.6) is 0 Å². The summed E-state index contributed by atoms with van der Waals surface area (Å²) in [5, 5.41) is 0. The third-order valence-electron chi connectivity index (χ3n) is 3.57. The lowest BCUT2D eigenvalue weighted by atomic mass is 9.90. The number of carbonyl (C=O) groups is 1. The van der Waals surface area contributed by atoms with Crippen LogP contribution in [0.15, 0.2) is 30.3 Å². The zero-order valence-electron chi connectivity index (χ0n) is 9.67. The maximum atomic E-state index is 11.7. The van der Waals surface area contributed by atoms with Crippen molar-refractivity contribution in [2.45, 2.75) is 31.5 Å². The van der Waals surface area contributed by atoms with Gasteiger partial charge in [-0.25, -0.2) is 4.79 Å². The van der Waals surface area contributed by atoms with E-state index in [9.17, 15) is 4.79 Å². The molecule has 3 rings (SSSR count). The molecule has 0 spiro atoms. The summed E-state index contributed by atoms with van der Waals surface area (Å²) >= 11 is 0. The monoisotopic (exact) mass is 232 g/mol. The Bertz CT molecular complexity index is 401. The van der Waals surface area contributed by atoms with Gasteiger partial charge in [0.1, 0.15) is 0 Å². The van der Waals surface area contributed by atoms with Crippen LogP contribution in [0, 0.1) is 5.92 Å². The number of hydrogen-bond acceptors (Lipinski definition) is 3. The zero-order valence-corrected chi connectivity index (χ0v) is 9.67. The number of carbonyl (C=O) groups excluding carboxylic acids is 1. The average Bonchev–Trinajstić information content (AvgIpc) is 3.15. The highest BCUT2D eigenvalue weighted by Gasteiger charge is 2.43. The number of benzene rings is 1. The molecule has 2 fully saturated rings. The second-order valence-corrected chi connectivity index (χ2v) is 4.86. The topological polar surface area (TPSA) is 38.8 Å². The van der Waals surface area contributed by atoms with Gasteiger partial charge in [0, 0.05) is 0 Å². The molecule has 17 heavy (non-hydrogen) atoms. The standard InChI is InChI=1S/C14H16O3/c15-14(11-4-2-1-3-5-11)16-9-10-6-7-12-13(8-10)17-12/h1-5,10,12-13H,6-9H2. The quantitative estimate of drug-likeness (QED) is 0.593. The van der Waals surface area contributed by atoms with E-state index < -0.39 is 0 Å². The van der Waals surface area contributed by atoms with E-state index in [1.54, 1.807) is 12.1 Å². The highest BCUT2D eigenvalue weighted by atomic mass is 16.6. The number of fused-ring (bicyclic) bond motifs is 1. The van der Waals surface area contributed by atoms with E-state index in [0.29, 0.717) is 30.3 Å². The van der Waals surface area contributed by atoms with Crippen molar-refractivity contribution in [2.24, 2.45) is 5.92 Å². The number of ether oxygens (including phenoxy) is 2. The molecule has 1 aromatic carbocycles. The largest absolute Gasteiger partial charge is 0.462 e. The first kappa shape index (κ1) is 10.8. The van der Waals surface area contributed by atoms with Gasteiger partial charge in [-0.3, -0.25) is 0 Å². The molecule has 1 saturated carbocycles. The second-order valence-electron chi connectivity index (χ2n) is 4.86. The Kier molecular flexibility index (Phi) is 2.85. The van der Waals surface area contributed by atoms with Crippen LogP contribution in [0.1, 0.15) is 29.6 Å². The van der Waals surface area contributed by atoms with Crippen LogP contribution in [0.3, 0.4) is 0 Å². The van der Waals surface area contributed by atoms with E-state index >= 15 is 0 Å². The fraction of sp³-hybridized carbons (Fsp3) is 0.500. The van der Waals surface area contributed by atoms with Crippen molar-refractivity contribution in [3.8, 4) is 0 Å². The van der Waals surface area contributed by atoms with Crippen molar-refractivity contribution in [2.75, 3.05) is 6.61 Å². The Morgan fingerprint density at radius 3 is 2.82 bits per heavy atom. The van der Waals surface area contributed by atoms with Crippen LogP contribution in [0.25, 0.3) is 0 Å². The molecule has 1 aromatic rings. The van der Waals surface area contributed by atoms with Crippen molar-refractivity contribution in [3.05, 3.63) is 35.9 Å². The minimum atomic E-state index is -0.218. The number of epoxide rings is 1. The number of rotatable bonds is 3. The molecule has 0 radical (unpaired) electrons. The van der Waals surface area contributed by atoms with Crippen molar-refractivity contribution in [1.82, 2.24) is 0 Å². The van der Waals surface area contributed by atoms with Gasteiger partial charge in [-0.2, -0.15) is 0 Å². The molecule has 1 aliphatic heterocycles. The molecule has 0 N–H and O–H groups in total. The third kappa shape index (κ3) is 2.50. The molecule has 0 amide bonds. The third-order valence-corrected chi connectivity index (χ3v) is 3.57. The van der Waals surface area contributed by atoms with Gasteiger partial charge in [0.2, 0.25) is 0 Å². The summed E-state index contributed by atoms with van der Waals surface area (Å²) in [6, 6.07) is 9.15. The second kappa shape index (κ2) is 4.49. The van der Waals surface area contributed by atoms with Crippen LogP contribution in [-0.4, -0.2) is 24.8 Å². The fourth-order valence-electron chi connectivity index (χ4n) is 2.49. The summed E-state index contributed by atoms with van der Waals surface area (Å²) in [6.07, 6.45) is 4.24. The lowest BCUT2D eigenvalue weighted by molar-refractivity contribution is 0.0416. The Morgan fingerprint density at radius 1 is 1.24 bits per heavy atom. The summed E-state index contributed by atoms with van der Waals surface area (Å²) in [6.45, 7) is 0.528. The van der Waals surface area contributed by atoms with Crippen molar-refractivity contribution < 1.29 is 14.3 Å². The predicted molar refractivity (Wildman–Crippen MR) is 62.7 cm³/mol. The lowest BCUT2D eigenvalue weighted by Gasteiger charge is -2.18. The van der Waals surface area contributed by atoms with E-state index in [1.165, 1.54) is 0 Å². The molecule has 2 aliphatic rings. The van der Waals surface area contributed by atoms with Crippen LogP contribution in [-0.2, 0) is 9.47 Å². The molecule has 1 aliphatic carbocycles. The van der Waals surface area contributed by atoms with Gasteiger partial charge in [-0.1, -0.05) is 18.2 Å². The van der Waals surface area contributed by atoms with Gasteiger partial charge in [0.25, 0.3) is 0 Å². The Morgan fingerprint density at radius 2 is 2.06 bits per heavy atom. The summed E-state index contributed by atoms with van der Waals surface area (Å²) in [5.74, 6) is 0.260. The summed E-state index contributed by atoms with van der Waals surface area (Å²) in [7, 11) is 0. The maximum absolute atomic E-state index is 11.7. The van der Waals surface area contributed by atoms with E-state index in [-0.39, 0.29) is 5.97 Å². The minimum Gasteiger partial charge on any atom is -0.462 e. The first-order chi connectivity index (χ1) is 8.33. The molecule has 3 nitrogen and oxygen atoms in total. The molecule has 3 unspecified atom stereocenters. The summed E-state index contributed by atoms with van der Waals surface area (Å²) in [4.78, 5) is 11.7. The number of esters is 1. The molecule has 3 heteroatoms. The summed E-state index contributed by atoms with van der Waals surface area (Å²) < 4.78 is 10.8. The van der Waals surface area contributed by atoms with Crippen molar-refractivity contribution in [1.29, 1.82) is 0 Å². The Hall–Kier alpha value is -1.35. The Balaban J connectivity index is 1.49. The van der Waals surface area contributed by atoms with Crippen LogP contribution in [0.2, 0.25) is 0 Å². The van der Waals surface area contributed by atoms with Gasteiger partial charge < -0.3 is 9.47 Å². The smallest absolute Gasteiger partial charge is 0.338 e. The molecular weight excluding hydrogens is 216 g/mol. The van der Waals surface area contributed by atoms with E-state index in [4.69, 9.17) is 9.47 Å². The SMILES string of the molecule is O=C(OCC1CCC2OC2C1)c1ccccc1. The highest BCUT2D eigenvalue weighted by molar-refractivity contribution is 5.89. The van der Waals surface area contributed by atoms with Gasteiger partial charge >= 0.3 is 5.97 Å². The van der Waals surface area contributed by atoms with Crippen LogP contribution >= 0.6 is 0 Å². The van der Waals surface area contributed by atoms with E-state index in [1.807, 2.05) is 18.2 Å². The summed E-state index contributed by atoms with van der Waals surface area (Å²) in [5.41, 5.74) is 0.629. The van der Waals surface area contributed by atoms with Gasteiger partial charge in [0.15, 0.2) is 0 Å². The minimum absolute atomic E-state index is 0.218. The lowest BCUT2D eigenvalue weighted by Crippen LogP contribution is -2.20. The first-order valence-electron chi connectivity index (χ1n) is 6.20. The van der Waals surface area contributed by atoms with Crippen molar-refractivity contribution >= 4 is 5.97 Å². The first-order valence-corrected chi connectivity index (χ1v) is 6.20. The number of hydrogen-bond donors (Lipinski definition) is 0. The molecule has 0 bridgehead atoms. The molecule has 0 aromatic heterocycles. The maximum Gasteiger partial charge on any atom is 0.338 e. The van der Waals surface area contributed by atoms with Gasteiger partial charge in [0.05, 0.1) is 24.4 Å². The predicted octanol–water partition coefficient (Wildman–Crippen LogP) is 2.41.